The van der Waals surface area contributed by atoms with Crippen LogP contribution in [-0.4, -0.2) is 32.1 Å². The largest absolute Gasteiger partial charge is 0.484 e. The van der Waals surface area contributed by atoms with Crippen LogP contribution in [0, 0.1) is 0 Å². The summed E-state index contributed by atoms with van der Waals surface area (Å²) in [7, 11) is 1.25. The SMILES string of the molecule is COC(=O)CNC(=O)COc1cccc(Cl)c1. The van der Waals surface area contributed by atoms with Crippen molar-refractivity contribution in [2.24, 2.45) is 0 Å². The van der Waals surface area contributed by atoms with Gasteiger partial charge in [-0.3, -0.25) is 9.59 Å². The highest BCUT2D eigenvalue weighted by molar-refractivity contribution is 6.30. The van der Waals surface area contributed by atoms with Crippen LogP contribution in [0.3, 0.4) is 0 Å². The topological polar surface area (TPSA) is 64.6 Å². The molecule has 0 aliphatic rings. The van der Waals surface area contributed by atoms with Crippen molar-refractivity contribution in [3.8, 4) is 5.75 Å². The second-order valence-corrected chi connectivity index (χ2v) is 3.54. The van der Waals surface area contributed by atoms with Gasteiger partial charge in [0.2, 0.25) is 0 Å². The van der Waals surface area contributed by atoms with Crippen molar-refractivity contribution in [1.82, 2.24) is 5.32 Å². The highest BCUT2D eigenvalue weighted by Crippen LogP contribution is 2.16. The predicted molar refractivity (Wildman–Crippen MR) is 62.0 cm³/mol. The Bertz CT molecular complexity index is 408. The molecule has 0 heterocycles. The molecule has 1 amide bonds. The number of carbonyl (C=O) groups excluding carboxylic acids is 2. The van der Waals surface area contributed by atoms with Crippen molar-refractivity contribution >= 4 is 23.5 Å². The summed E-state index contributed by atoms with van der Waals surface area (Å²) in [6.07, 6.45) is 0. The Balaban J connectivity index is 2.31. The Morgan fingerprint density at radius 2 is 2.18 bits per heavy atom. The summed E-state index contributed by atoms with van der Waals surface area (Å²) in [5.41, 5.74) is 0. The predicted octanol–water partition coefficient (Wildman–Crippen LogP) is 1.01. The summed E-state index contributed by atoms with van der Waals surface area (Å²) in [4.78, 5) is 22.0. The van der Waals surface area contributed by atoms with E-state index in [1.807, 2.05) is 0 Å². The van der Waals surface area contributed by atoms with E-state index in [1.165, 1.54) is 7.11 Å². The highest BCUT2D eigenvalue weighted by Gasteiger charge is 2.06. The van der Waals surface area contributed by atoms with E-state index in [0.717, 1.165) is 0 Å². The molecule has 0 saturated heterocycles. The van der Waals surface area contributed by atoms with Gasteiger partial charge in [-0.2, -0.15) is 0 Å². The average molecular weight is 258 g/mol. The van der Waals surface area contributed by atoms with Gasteiger partial charge in [0.05, 0.1) is 7.11 Å². The van der Waals surface area contributed by atoms with Gasteiger partial charge in [0.1, 0.15) is 12.3 Å². The first-order valence-electron chi connectivity index (χ1n) is 4.83. The quantitative estimate of drug-likeness (QED) is 0.800. The number of hydrogen-bond acceptors (Lipinski definition) is 4. The molecule has 5 nitrogen and oxygen atoms in total. The van der Waals surface area contributed by atoms with E-state index in [0.29, 0.717) is 10.8 Å². The minimum absolute atomic E-state index is 0.172. The number of rotatable bonds is 5. The van der Waals surface area contributed by atoms with Crippen LogP contribution in [-0.2, 0) is 14.3 Å². The normalized spacial score (nSPS) is 9.53. The third-order valence-corrected chi connectivity index (χ3v) is 2.06. The van der Waals surface area contributed by atoms with Crippen molar-refractivity contribution in [2.45, 2.75) is 0 Å². The van der Waals surface area contributed by atoms with Crippen molar-refractivity contribution in [2.75, 3.05) is 20.3 Å². The molecule has 0 spiro atoms. The fourth-order valence-corrected chi connectivity index (χ4v) is 1.18. The molecule has 17 heavy (non-hydrogen) atoms. The zero-order valence-corrected chi connectivity index (χ0v) is 9.99. The molecule has 0 unspecified atom stereocenters. The number of ether oxygens (including phenoxy) is 2. The Kier molecular flexibility index (Phi) is 5.29. The lowest BCUT2D eigenvalue weighted by molar-refractivity contribution is -0.141. The molecular formula is C11H12ClNO4. The third kappa shape index (κ3) is 5.21. The second kappa shape index (κ2) is 6.75. The molecule has 0 radical (unpaired) electrons. The molecule has 6 heteroatoms. The summed E-state index contributed by atoms with van der Waals surface area (Å²) in [5.74, 6) is -0.429. The van der Waals surface area contributed by atoms with Crippen LogP contribution in [0.15, 0.2) is 24.3 Å². The third-order valence-electron chi connectivity index (χ3n) is 1.82. The number of nitrogens with one attached hydrogen (secondary N) is 1. The number of carbonyl (C=O) groups is 2. The number of benzene rings is 1. The van der Waals surface area contributed by atoms with E-state index >= 15 is 0 Å². The Morgan fingerprint density at radius 3 is 2.82 bits per heavy atom. The average Bonchev–Trinajstić information content (AvgIpc) is 2.33. The van der Waals surface area contributed by atoms with E-state index in [4.69, 9.17) is 16.3 Å². The lowest BCUT2D eigenvalue weighted by Gasteiger charge is -2.06. The van der Waals surface area contributed by atoms with Crippen molar-refractivity contribution in [1.29, 1.82) is 0 Å². The fraction of sp³-hybridized carbons (Fsp3) is 0.273. The van der Waals surface area contributed by atoms with Gasteiger partial charge in [-0.1, -0.05) is 17.7 Å². The standard InChI is InChI=1S/C11H12ClNO4/c1-16-11(15)6-13-10(14)7-17-9-4-2-3-8(12)5-9/h2-5H,6-7H2,1H3,(H,13,14). The van der Waals surface area contributed by atoms with E-state index in [-0.39, 0.29) is 13.2 Å². The number of amides is 1. The van der Waals surface area contributed by atoms with Crippen LogP contribution in [0.5, 0.6) is 5.75 Å². The van der Waals surface area contributed by atoms with Crippen molar-refractivity contribution in [3.63, 3.8) is 0 Å². The van der Waals surface area contributed by atoms with Gasteiger partial charge in [0.25, 0.3) is 5.91 Å². The van der Waals surface area contributed by atoms with Crippen LogP contribution in [0.4, 0.5) is 0 Å². The summed E-state index contributed by atoms with van der Waals surface area (Å²) >= 11 is 5.74. The summed E-state index contributed by atoms with van der Waals surface area (Å²) in [6, 6.07) is 6.68. The minimum atomic E-state index is -0.513. The van der Waals surface area contributed by atoms with E-state index in [9.17, 15) is 9.59 Å². The molecule has 0 aliphatic carbocycles. The zero-order chi connectivity index (χ0) is 12.7. The van der Waals surface area contributed by atoms with Crippen LogP contribution in [0.25, 0.3) is 0 Å². The highest BCUT2D eigenvalue weighted by atomic mass is 35.5. The van der Waals surface area contributed by atoms with E-state index < -0.39 is 11.9 Å². The molecule has 1 aromatic carbocycles. The zero-order valence-electron chi connectivity index (χ0n) is 9.23. The molecule has 0 fully saturated rings. The monoisotopic (exact) mass is 257 g/mol. The molecule has 0 aromatic heterocycles. The summed E-state index contributed by atoms with van der Waals surface area (Å²) < 4.78 is 9.53. The van der Waals surface area contributed by atoms with Gasteiger partial charge in [-0.05, 0) is 18.2 Å². The first kappa shape index (κ1) is 13.3. The van der Waals surface area contributed by atoms with Crippen LogP contribution in [0.1, 0.15) is 0 Å². The van der Waals surface area contributed by atoms with Gasteiger partial charge in [-0.15, -0.1) is 0 Å². The summed E-state index contributed by atoms with van der Waals surface area (Å²) in [5, 5.41) is 2.87. The Labute approximate surface area is 104 Å². The van der Waals surface area contributed by atoms with Gasteiger partial charge < -0.3 is 14.8 Å². The molecule has 0 aliphatic heterocycles. The Hall–Kier alpha value is -1.75. The smallest absolute Gasteiger partial charge is 0.325 e. The molecule has 0 bridgehead atoms. The van der Waals surface area contributed by atoms with Crippen molar-refractivity contribution < 1.29 is 19.1 Å². The second-order valence-electron chi connectivity index (χ2n) is 3.10. The molecule has 92 valence electrons. The molecule has 1 rings (SSSR count). The van der Waals surface area contributed by atoms with Crippen LogP contribution < -0.4 is 10.1 Å². The summed E-state index contributed by atoms with van der Waals surface area (Å²) in [6.45, 7) is -0.356. The Morgan fingerprint density at radius 1 is 1.41 bits per heavy atom. The first-order valence-corrected chi connectivity index (χ1v) is 5.21. The van der Waals surface area contributed by atoms with Gasteiger partial charge in [0.15, 0.2) is 6.61 Å². The molecule has 1 N–H and O–H groups in total. The number of halogens is 1. The van der Waals surface area contributed by atoms with Gasteiger partial charge >= 0.3 is 5.97 Å². The maximum absolute atomic E-state index is 11.2. The minimum Gasteiger partial charge on any atom is -0.484 e. The number of esters is 1. The van der Waals surface area contributed by atoms with Crippen LogP contribution in [0.2, 0.25) is 5.02 Å². The molecular weight excluding hydrogens is 246 g/mol. The maximum atomic E-state index is 11.2. The van der Waals surface area contributed by atoms with Crippen molar-refractivity contribution in [3.05, 3.63) is 29.3 Å². The number of hydrogen-bond donors (Lipinski definition) is 1. The molecule has 0 saturated carbocycles. The first-order chi connectivity index (χ1) is 8.11. The van der Waals surface area contributed by atoms with Gasteiger partial charge in [-0.25, -0.2) is 0 Å². The molecule has 1 aromatic rings. The lowest BCUT2D eigenvalue weighted by Crippen LogP contribution is -2.33. The molecule has 0 atom stereocenters. The fourth-order valence-electron chi connectivity index (χ4n) is 1.000. The maximum Gasteiger partial charge on any atom is 0.325 e. The van der Waals surface area contributed by atoms with Crippen LogP contribution >= 0.6 is 11.6 Å². The number of methoxy groups -OCH3 is 1. The van der Waals surface area contributed by atoms with Gasteiger partial charge in [0, 0.05) is 5.02 Å². The van der Waals surface area contributed by atoms with E-state index in [2.05, 4.69) is 10.1 Å². The van der Waals surface area contributed by atoms with E-state index in [1.54, 1.807) is 24.3 Å². The lowest BCUT2D eigenvalue weighted by atomic mass is 10.3.